The maximum atomic E-state index is 11.9. The summed E-state index contributed by atoms with van der Waals surface area (Å²) in [7, 11) is 0. The minimum absolute atomic E-state index is 0.299. The molecule has 0 unspecified atom stereocenters. The molecule has 8 nitrogen and oxygen atoms in total. The summed E-state index contributed by atoms with van der Waals surface area (Å²) < 4.78 is 6.93. The van der Waals surface area contributed by atoms with E-state index >= 15 is 0 Å². The molecule has 25 heavy (non-hydrogen) atoms. The molecule has 3 amide bonds. The Bertz CT molecular complexity index is 818. The first-order valence-electron chi connectivity index (χ1n) is 7.81. The van der Waals surface area contributed by atoms with E-state index in [1.165, 1.54) is 11.8 Å². The van der Waals surface area contributed by atoms with Crippen LogP contribution in [0.1, 0.15) is 31.1 Å². The molecule has 9 heteroatoms. The molecule has 0 saturated carbocycles. The van der Waals surface area contributed by atoms with Crippen molar-refractivity contribution in [3.8, 4) is 0 Å². The van der Waals surface area contributed by atoms with Crippen molar-refractivity contribution in [1.29, 1.82) is 0 Å². The number of imide groups is 1. The highest BCUT2D eigenvalue weighted by atomic mass is 32.2. The minimum Gasteiger partial charge on any atom is -0.462 e. The Morgan fingerprint density at radius 3 is 2.68 bits per heavy atom. The maximum absolute atomic E-state index is 11.9. The summed E-state index contributed by atoms with van der Waals surface area (Å²) in [5.41, 5.74) is 6.87. The molecule has 1 heterocycles. The van der Waals surface area contributed by atoms with Crippen LogP contribution in [0.4, 0.5) is 4.79 Å². The molecule has 3 N–H and O–H groups in total. The number of hydrogen-bond donors (Lipinski definition) is 2. The Balaban J connectivity index is 2.32. The number of amides is 3. The van der Waals surface area contributed by atoms with Crippen molar-refractivity contribution < 1.29 is 19.1 Å². The molecule has 0 aliphatic rings. The predicted molar refractivity (Wildman–Crippen MR) is 94.4 cm³/mol. The van der Waals surface area contributed by atoms with Crippen LogP contribution >= 0.6 is 11.8 Å². The largest absolute Gasteiger partial charge is 0.462 e. The molecule has 2 rings (SSSR count). The van der Waals surface area contributed by atoms with Gasteiger partial charge in [0.1, 0.15) is 0 Å². The number of carbonyl (C=O) groups excluding carboxylic acids is 3. The second kappa shape index (κ2) is 8.02. The van der Waals surface area contributed by atoms with Crippen LogP contribution < -0.4 is 11.1 Å². The first kappa shape index (κ1) is 18.8. The number of fused-ring (bicyclic) bond motifs is 1. The van der Waals surface area contributed by atoms with Gasteiger partial charge in [0.05, 0.1) is 28.5 Å². The number of nitrogens with two attached hydrogens (primary N) is 1. The number of ether oxygens (including phenoxy) is 1. The van der Waals surface area contributed by atoms with Crippen LogP contribution in [0.5, 0.6) is 0 Å². The average Bonchev–Trinajstić information content (AvgIpc) is 2.90. The quantitative estimate of drug-likeness (QED) is 0.597. The number of nitrogens with one attached hydrogen (secondary N) is 1. The van der Waals surface area contributed by atoms with Gasteiger partial charge >= 0.3 is 12.0 Å². The number of esters is 1. The summed E-state index contributed by atoms with van der Waals surface area (Å²) in [4.78, 5) is 39.0. The molecule has 1 aromatic heterocycles. The Morgan fingerprint density at radius 2 is 2.08 bits per heavy atom. The lowest BCUT2D eigenvalue weighted by Crippen LogP contribution is -2.39. The number of rotatable bonds is 6. The Labute approximate surface area is 149 Å². The molecular formula is C16H20N4O4S. The van der Waals surface area contributed by atoms with Crippen molar-refractivity contribution >= 4 is 40.7 Å². The summed E-state index contributed by atoms with van der Waals surface area (Å²) in [6, 6.07) is 4.26. The van der Waals surface area contributed by atoms with Crippen LogP contribution in [0.2, 0.25) is 0 Å². The lowest BCUT2D eigenvalue weighted by Gasteiger charge is -2.11. The van der Waals surface area contributed by atoms with Crippen molar-refractivity contribution in [2.75, 3.05) is 6.61 Å². The number of aryl methyl sites for hydroxylation is 1. The zero-order chi connectivity index (χ0) is 18.6. The van der Waals surface area contributed by atoms with E-state index in [-0.39, 0.29) is 0 Å². The zero-order valence-corrected chi connectivity index (χ0v) is 15.1. The Morgan fingerprint density at radius 1 is 1.36 bits per heavy atom. The SMILES string of the molecule is CCOC(=O)c1ccc2c(c1)nc(S[C@H](C)C(=O)NC(N)=O)n2CC. The smallest absolute Gasteiger partial charge is 0.338 e. The van der Waals surface area contributed by atoms with Gasteiger partial charge in [0, 0.05) is 6.54 Å². The van der Waals surface area contributed by atoms with Gasteiger partial charge in [-0.1, -0.05) is 11.8 Å². The fraction of sp³-hybridized carbons (Fsp3) is 0.375. The van der Waals surface area contributed by atoms with Gasteiger partial charge in [-0.3, -0.25) is 10.1 Å². The molecule has 0 spiro atoms. The highest BCUT2D eigenvalue weighted by molar-refractivity contribution is 8.00. The van der Waals surface area contributed by atoms with Crippen molar-refractivity contribution in [2.24, 2.45) is 5.73 Å². The van der Waals surface area contributed by atoms with E-state index in [1.54, 1.807) is 32.0 Å². The number of benzene rings is 1. The van der Waals surface area contributed by atoms with Gasteiger partial charge in [0.25, 0.3) is 0 Å². The van der Waals surface area contributed by atoms with E-state index in [0.29, 0.717) is 29.4 Å². The number of thioether (sulfide) groups is 1. The molecular weight excluding hydrogens is 344 g/mol. The van der Waals surface area contributed by atoms with Crippen LogP contribution in [0.15, 0.2) is 23.4 Å². The first-order valence-corrected chi connectivity index (χ1v) is 8.69. The summed E-state index contributed by atoms with van der Waals surface area (Å²) in [5, 5.41) is 2.11. The second-order valence-corrected chi connectivity index (χ2v) is 6.48. The summed E-state index contributed by atoms with van der Waals surface area (Å²) >= 11 is 1.21. The molecule has 2 aromatic rings. The second-order valence-electron chi connectivity index (χ2n) is 5.18. The first-order chi connectivity index (χ1) is 11.9. The van der Waals surface area contributed by atoms with Crippen molar-refractivity contribution in [3.63, 3.8) is 0 Å². The van der Waals surface area contributed by atoms with E-state index < -0.39 is 23.2 Å². The molecule has 134 valence electrons. The molecule has 1 aromatic carbocycles. The summed E-state index contributed by atoms with van der Waals surface area (Å²) in [6.07, 6.45) is 0. The maximum Gasteiger partial charge on any atom is 0.338 e. The Kier molecular flexibility index (Phi) is 6.02. The third kappa shape index (κ3) is 4.30. The number of urea groups is 1. The number of aromatic nitrogens is 2. The number of primary amides is 1. The van der Waals surface area contributed by atoms with E-state index in [2.05, 4.69) is 10.3 Å². The van der Waals surface area contributed by atoms with Gasteiger partial charge in [-0.25, -0.2) is 14.6 Å². The van der Waals surface area contributed by atoms with Crippen molar-refractivity contribution in [1.82, 2.24) is 14.9 Å². The van der Waals surface area contributed by atoms with E-state index in [9.17, 15) is 14.4 Å². The van der Waals surface area contributed by atoms with Crippen molar-refractivity contribution in [3.05, 3.63) is 23.8 Å². The number of carbonyl (C=O) groups is 3. The number of imidazole rings is 1. The monoisotopic (exact) mass is 364 g/mol. The van der Waals surface area contributed by atoms with Gasteiger partial charge in [0.2, 0.25) is 5.91 Å². The zero-order valence-electron chi connectivity index (χ0n) is 14.2. The summed E-state index contributed by atoms with van der Waals surface area (Å²) in [6.45, 7) is 6.30. The summed E-state index contributed by atoms with van der Waals surface area (Å²) in [5.74, 6) is -0.890. The number of hydrogen-bond acceptors (Lipinski definition) is 6. The van der Waals surface area contributed by atoms with Gasteiger partial charge in [-0.15, -0.1) is 0 Å². The van der Waals surface area contributed by atoms with Crippen LogP contribution in [-0.2, 0) is 16.1 Å². The Hall–Kier alpha value is -2.55. The average molecular weight is 364 g/mol. The van der Waals surface area contributed by atoms with E-state index in [4.69, 9.17) is 10.5 Å². The lowest BCUT2D eigenvalue weighted by molar-refractivity contribution is -0.119. The fourth-order valence-electron chi connectivity index (χ4n) is 2.28. The molecule has 0 aliphatic heterocycles. The topological polar surface area (TPSA) is 116 Å². The minimum atomic E-state index is -0.888. The molecule has 0 aliphatic carbocycles. The third-order valence-corrected chi connectivity index (χ3v) is 4.53. The highest BCUT2D eigenvalue weighted by Crippen LogP contribution is 2.28. The third-order valence-electron chi connectivity index (χ3n) is 3.44. The molecule has 1 atom stereocenters. The van der Waals surface area contributed by atoms with Crippen LogP contribution in [0, 0.1) is 0 Å². The van der Waals surface area contributed by atoms with Gasteiger partial charge in [0.15, 0.2) is 5.16 Å². The van der Waals surface area contributed by atoms with Gasteiger partial charge in [-0.2, -0.15) is 0 Å². The highest BCUT2D eigenvalue weighted by Gasteiger charge is 2.20. The molecule has 0 saturated heterocycles. The standard InChI is InChI=1S/C16H20N4O4S/c1-4-20-12-7-6-10(14(22)24-5-2)8-11(12)18-16(20)25-9(3)13(21)19-15(17)23/h6-9H,4-5H2,1-3H3,(H3,17,19,21,23)/t9-/m1/s1. The van der Waals surface area contributed by atoms with Gasteiger partial charge in [-0.05, 0) is 39.0 Å². The lowest BCUT2D eigenvalue weighted by atomic mass is 10.2. The van der Waals surface area contributed by atoms with E-state index in [1.807, 2.05) is 11.5 Å². The van der Waals surface area contributed by atoms with Crippen LogP contribution in [0.25, 0.3) is 11.0 Å². The number of nitrogens with zero attached hydrogens (tertiary/aromatic N) is 2. The fourth-order valence-corrected chi connectivity index (χ4v) is 3.27. The molecule has 0 bridgehead atoms. The van der Waals surface area contributed by atoms with Crippen molar-refractivity contribution in [2.45, 2.75) is 37.7 Å². The molecule has 0 radical (unpaired) electrons. The van der Waals surface area contributed by atoms with Gasteiger partial charge < -0.3 is 15.0 Å². The predicted octanol–water partition coefficient (Wildman–Crippen LogP) is 1.91. The van der Waals surface area contributed by atoms with Crippen LogP contribution in [-0.4, -0.2) is 39.3 Å². The van der Waals surface area contributed by atoms with Crippen LogP contribution in [0.3, 0.4) is 0 Å². The normalized spacial score (nSPS) is 12.0. The molecule has 0 fully saturated rings. The van der Waals surface area contributed by atoms with E-state index in [0.717, 1.165) is 5.52 Å².